The molecule has 4 rings (SSSR count). The number of aromatic nitrogens is 3. The van der Waals surface area contributed by atoms with E-state index in [1.54, 1.807) is 16.8 Å². The van der Waals surface area contributed by atoms with Gasteiger partial charge in [-0.2, -0.15) is 0 Å². The molecule has 2 heterocycles. The van der Waals surface area contributed by atoms with E-state index in [0.717, 1.165) is 31.6 Å². The minimum Gasteiger partial charge on any atom is -0.492 e. The van der Waals surface area contributed by atoms with Gasteiger partial charge in [0.25, 0.3) is 0 Å². The highest BCUT2D eigenvalue weighted by atomic mass is 19.1. The smallest absolute Gasteiger partial charge is 0.323 e. The Kier molecular flexibility index (Phi) is 5.19. The molecule has 150 valence electrons. The summed E-state index contributed by atoms with van der Waals surface area (Å²) in [5, 5.41) is 11.1. The molecule has 0 atom stereocenters. The van der Waals surface area contributed by atoms with E-state index in [9.17, 15) is 9.18 Å². The van der Waals surface area contributed by atoms with Gasteiger partial charge in [0.05, 0.1) is 12.2 Å². The predicted octanol–water partition coefficient (Wildman–Crippen LogP) is 3.60. The van der Waals surface area contributed by atoms with Crippen molar-refractivity contribution in [3.8, 4) is 5.75 Å². The monoisotopic (exact) mass is 387 g/mol. The topological polar surface area (TPSA) is 72.3 Å². The fraction of sp³-hybridized carbons (Fsp3) is 0.550. The second-order valence-corrected chi connectivity index (χ2v) is 7.82. The molecule has 2 aliphatic rings. The van der Waals surface area contributed by atoms with Gasteiger partial charge in [-0.25, -0.2) is 13.9 Å². The van der Waals surface area contributed by atoms with Gasteiger partial charge in [-0.15, -0.1) is 5.10 Å². The molecule has 2 aromatic rings. The van der Waals surface area contributed by atoms with Crippen molar-refractivity contribution in [1.29, 1.82) is 0 Å². The number of hydrogen-bond donors (Lipinski definition) is 1. The summed E-state index contributed by atoms with van der Waals surface area (Å²) in [6.45, 7) is 4.33. The second kappa shape index (κ2) is 7.77. The van der Waals surface area contributed by atoms with Crippen molar-refractivity contribution < 1.29 is 13.9 Å². The number of hydrogen-bond acceptors (Lipinski definition) is 4. The van der Waals surface area contributed by atoms with E-state index >= 15 is 0 Å². The van der Waals surface area contributed by atoms with Crippen LogP contribution in [-0.4, -0.2) is 45.6 Å². The molecule has 7 nitrogen and oxygen atoms in total. The Hall–Kier alpha value is -2.64. The maximum absolute atomic E-state index is 12.9. The number of urea groups is 1. The molecule has 2 amide bonds. The molecule has 28 heavy (non-hydrogen) atoms. The normalized spacial score (nSPS) is 18.0. The lowest BCUT2D eigenvalue weighted by molar-refractivity contribution is 0.212. The third-order valence-corrected chi connectivity index (χ3v) is 5.88. The Labute approximate surface area is 163 Å². The fourth-order valence-electron chi connectivity index (χ4n) is 3.78. The first-order valence-corrected chi connectivity index (χ1v) is 9.89. The Morgan fingerprint density at radius 1 is 1.21 bits per heavy atom. The van der Waals surface area contributed by atoms with Crippen LogP contribution in [0.2, 0.25) is 0 Å². The van der Waals surface area contributed by atoms with E-state index in [4.69, 9.17) is 4.74 Å². The number of amides is 2. The number of nitrogens with one attached hydrogen (secondary N) is 1. The van der Waals surface area contributed by atoms with Gasteiger partial charge in [-0.05, 0) is 68.7 Å². The third kappa shape index (κ3) is 4.26. The van der Waals surface area contributed by atoms with Crippen molar-refractivity contribution >= 4 is 11.8 Å². The first-order chi connectivity index (χ1) is 13.5. The zero-order chi connectivity index (χ0) is 19.6. The Morgan fingerprint density at radius 2 is 2.00 bits per heavy atom. The highest BCUT2D eigenvalue weighted by Gasteiger charge is 2.43. The first-order valence-electron chi connectivity index (χ1n) is 9.89. The van der Waals surface area contributed by atoms with Crippen LogP contribution in [0.3, 0.4) is 0 Å². The average molecular weight is 387 g/mol. The summed E-state index contributed by atoms with van der Waals surface area (Å²) in [5.41, 5.74) is 1.31. The minimum atomic E-state index is -0.295. The third-order valence-electron chi connectivity index (χ3n) is 5.88. The van der Waals surface area contributed by atoms with E-state index in [1.807, 2.05) is 11.8 Å². The molecule has 1 spiro atoms. The van der Waals surface area contributed by atoms with Crippen LogP contribution in [0.15, 0.2) is 24.3 Å². The van der Waals surface area contributed by atoms with E-state index in [-0.39, 0.29) is 11.8 Å². The molecule has 2 fully saturated rings. The van der Waals surface area contributed by atoms with Crippen molar-refractivity contribution in [1.82, 2.24) is 19.9 Å². The van der Waals surface area contributed by atoms with Crippen LogP contribution in [-0.2, 0) is 6.54 Å². The summed E-state index contributed by atoms with van der Waals surface area (Å²) in [6.07, 6.45) is 6.04. The number of anilines is 1. The van der Waals surface area contributed by atoms with Crippen LogP contribution < -0.4 is 10.1 Å². The lowest BCUT2D eigenvalue weighted by Crippen LogP contribution is -2.36. The van der Waals surface area contributed by atoms with E-state index < -0.39 is 0 Å². The molecule has 0 unspecified atom stereocenters. The Bertz CT molecular complexity index is 832. The zero-order valence-electron chi connectivity index (χ0n) is 16.2. The van der Waals surface area contributed by atoms with Crippen LogP contribution >= 0.6 is 0 Å². The average Bonchev–Trinajstić information content (AvgIpc) is 3.43. The van der Waals surface area contributed by atoms with Gasteiger partial charge in [0, 0.05) is 13.1 Å². The Balaban J connectivity index is 1.29. The van der Waals surface area contributed by atoms with Gasteiger partial charge < -0.3 is 9.64 Å². The van der Waals surface area contributed by atoms with E-state index in [1.165, 1.54) is 31.4 Å². The first kappa shape index (κ1) is 18.7. The molecule has 1 saturated heterocycles. The SMILES string of the molecule is Cc1c(NC(=O)N2CCCC3(CC2)CC3)nnn1CCOc1ccc(F)cc1. The molecular weight excluding hydrogens is 361 g/mol. The number of ether oxygens (including phenoxy) is 1. The summed E-state index contributed by atoms with van der Waals surface area (Å²) in [7, 11) is 0. The van der Waals surface area contributed by atoms with Gasteiger partial charge in [0.1, 0.15) is 18.2 Å². The largest absolute Gasteiger partial charge is 0.492 e. The standard InChI is InChI=1S/C20H26FN5O2/c1-15-18(22-19(27)25-11-2-7-20(8-9-20)10-12-25)23-24-26(15)13-14-28-17-5-3-16(21)4-6-17/h3-6H,2,7-14H2,1H3,(H,22,27). The molecule has 8 heteroatoms. The van der Waals surface area contributed by atoms with Gasteiger partial charge in [-0.1, -0.05) is 5.21 Å². The van der Waals surface area contributed by atoms with Crippen LogP contribution in [0.4, 0.5) is 15.0 Å². The van der Waals surface area contributed by atoms with Crippen molar-refractivity contribution in [3.63, 3.8) is 0 Å². The van der Waals surface area contributed by atoms with Gasteiger partial charge in [0.2, 0.25) is 0 Å². The Morgan fingerprint density at radius 3 is 2.75 bits per heavy atom. The molecule has 0 radical (unpaired) electrons. The molecule has 1 aromatic carbocycles. The van der Waals surface area contributed by atoms with Crippen LogP contribution in [0.25, 0.3) is 0 Å². The molecular formula is C20H26FN5O2. The number of halogens is 1. The molecule has 0 bridgehead atoms. The molecule has 1 aromatic heterocycles. The summed E-state index contributed by atoms with van der Waals surface area (Å²) >= 11 is 0. The fourth-order valence-corrected chi connectivity index (χ4v) is 3.78. The van der Waals surface area contributed by atoms with E-state index in [2.05, 4.69) is 15.6 Å². The number of benzene rings is 1. The molecule has 1 saturated carbocycles. The van der Waals surface area contributed by atoms with Gasteiger partial charge >= 0.3 is 6.03 Å². The quantitative estimate of drug-likeness (QED) is 0.851. The van der Waals surface area contributed by atoms with Crippen LogP contribution in [0.5, 0.6) is 5.75 Å². The lowest BCUT2D eigenvalue weighted by atomic mass is 9.98. The second-order valence-electron chi connectivity index (χ2n) is 7.82. The maximum atomic E-state index is 12.9. The lowest BCUT2D eigenvalue weighted by Gasteiger charge is -2.20. The van der Waals surface area contributed by atoms with Crippen molar-refractivity contribution in [2.45, 2.75) is 45.6 Å². The summed E-state index contributed by atoms with van der Waals surface area (Å²) < 4.78 is 20.2. The molecule has 1 aliphatic carbocycles. The van der Waals surface area contributed by atoms with Crippen molar-refractivity contribution in [3.05, 3.63) is 35.8 Å². The number of carbonyl (C=O) groups excluding carboxylic acids is 1. The van der Waals surface area contributed by atoms with Crippen molar-refractivity contribution in [2.75, 3.05) is 25.0 Å². The number of rotatable bonds is 5. The number of nitrogens with zero attached hydrogens (tertiary/aromatic N) is 4. The summed E-state index contributed by atoms with van der Waals surface area (Å²) in [6, 6.07) is 5.79. The minimum absolute atomic E-state index is 0.101. The van der Waals surface area contributed by atoms with Gasteiger partial charge in [0.15, 0.2) is 5.82 Å². The summed E-state index contributed by atoms with van der Waals surface area (Å²) in [5.74, 6) is 0.788. The highest BCUT2D eigenvalue weighted by molar-refractivity contribution is 5.88. The van der Waals surface area contributed by atoms with Crippen LogP contribution in [0, 0.1) is 18.2 Å². The van der Waals surface area contributed by atoms with E-state index in [0.29, 0.717) is 30.1 Å². The zero-order valence-corrected chi connectivity index (χ0v) is 16.2. The summed E-state index contributed by atoms with van der Waals surface area (Å²) in [4.78, 5) is 14.5. The number of carbonyl (C=O) groups is 1. The molecule has 1 N–H and O–H groups in total. The number of likely N-dealkylation sites (tertiary alicyclic amines) is 1. The van der Waals surface area contributed by atoms with Gasteiger partial charge in [-0.3, -0.25) is 5.32 Å². The van der Waals surface area contributed by atoms with Crippen LogP contribution in [0.1, 0.15) is 37.8 Å². The highest BCUT2D eigenvalue weighted by Crippen LogP contribution is 2.53. The predicted molar refractivity (Wildman–Crippen MR) is 103 cm³/mol. The molecule has 1 aliphatic heterocycles. The van der Waals surface area contributed by atoms with Crippen molar-refractivity contribution in [2.24, 2.45) is 5.41 Å². The maximum Gasteiger partial charge on any atom is 0.323 e.